The number of anilines is 1. The molecule has 0 saturated carbocycles. The highest BCUT2D eigenvalue weighted by atomic mass is 16.3. The van der Waals surface area contributed by atoms with Gasteiger partial charge in [-0.25, -0.2) is 15.0 Å². The van der Waals surface area contributed by atoms with Crippen LogP contribution in [0.25, 0.3) is 11.1 Å². The van der Waals surface area contributed by atoms with Gasteiger partial charge < -0.3 is 14.6 Å². The number of fused-ring (bicyclic) bond motifs is 1. The minimum Gasteiger partial charge on any atom is -0.439 e. The van der Waals surface area contributed by atoms with E-state index < -0.39 is 0 Å². The highest BCUT2D eigenvalue weighted by Gasteiger charge is 2.20. The first-order valence-electron chi connectivity index (χ1n) is 8.63. The van der Waals surface area contributed by atoms with Gasteiger partial charge in [-0.1, -0.05) is 12.1 Å². The van der Waals surface area contributed by atoms with Gasteiger partial charge in [-0.15, -0.1) is 0 Å². The van der Waals surface area contributed by atoms with Crippen molar-refractivity contribution in [1.29, 1.82) is 0 Å². The maximum absolute atomic E-state index is 12.2. The molecule has 8 heteroatoms. The van der Waals surface area contributed by atoms with Crippen LogP contribution < -0.4 is 10.2 Å². The number of para-hydroxylation sites is 2. The zero-order chi connectivity index (χ0) is 17.8. The van der Waals surface area contributed by atoms with Crippen molar-refractivity contribution in [3.05, 3.63) is 48.6 Å². The van der Waals surface area contributed by atoms with Crippen molar-refractivity contribution < 1.29 is 9.21 Å². The normalized spacial score (nSPS) is 15.3. The molecule has 134 valence electrons. The molecule has 1 aromatic carbocycles. The maximum Gasteiger partial charge on any atom is 0.234 e. The van der Waals surface area contributed by atoms with E-state index in [1.165, 1.54) is 0 Å². The van der Waals surface area contributed by atoms with Gasteiger partial charge in [-0.05, 0) is 18.2 Å². The van der Waals surface area contributed by atoms with Crippen LogP contribution in [-0.2, 0) is 11.3 Å². The number of hydrogen-bond acceptors (Lipinski definition) is 7. The number of carbonyl (C=O) groups is 1. The third-order valence-corrected chi connectivity index (χ3v) is 4.35. The molecule has 1 fully saturated rings. The van der Waals surface area contributed by atoms with Crippen LogP contribution in [0.2, 0.25) is 0 Å². The molecule has 2 aromatic heterocycles. The number of oxazole rings is 1. The van der Waals surface area contributed by atoms with E-state index in [0.29, 0.717) is 19.0 Å². The molecule has 8 nitrogen and oxygen atoms in total. The quantitative estimate of drug-likeness (QED) is 0.734. The molecule has 0 atom stereocenters. The number of nitrogens with one attached hydrogen (secondary N) is 1. The van der Waals surface area contributed by atoms with Crippen molar-refractivity contribution in [2.24, 2.45) is 0 Å². The van der Waals surface area contributed by atoms with Crippen LogP contribution in [0, 0.1) is 0 Å². The Labute approximate surface area is 150 Å². The zero-order valence-corrected chi connectivity index (χ0v) is 14.3. The summed E-state index contributed by atoms with van der Waals surface area (Å²) in [7, 11) is 0. The van der Waals surface area contributed by atoms with Gasteiger partial charge in [-0.2, -0.15) is 0 Å². The predicted octanol–water partition coefficient (Wildman–Crippen LogP) is 1.06. The summed E-state index contributed by atoms with van der Waals surface area (Å²) in [5.41, 5.74) is 1.53. The van der Waals surface area contributed by atoms with Gasteiger partial charge in [0.2, 0.25) is 17.7 Å². The first-order valence-corrected chi connectivity index (χ1v) is 8.63. The third-order valence-electron chi connectivity index (χ3n) is 4.35. The smallest absolute Gasteiger partial charge is 0.234 e. The van der Waals surface area contributed by atoms with Crippen LogP contribution >= 0.6 is 0 Å². The van der Waals surface area contributed by atoms with Crippen LogP contribution in [0.4, 0.5) is 5.95 Å². The first-order chi connectivity index (χ1) is 12.8. The molecule has 1 N–H and O–H groups in total. The Morgan fingerprint density at radius 1 is 1.08 bits per heavy atom. The standard InChI is InChI=1S/C18H20N6O2/c25-16(21-12-17-22-14-4-1-2-5-15(14)26-17)13-23-8-10-24(11-9-23)18-19-6-3-7-20-18/h1-7H,8-13H2,(H,21,25). The SMILES string of the molecule is O=C(CN1CCN(c2ncccn2)CC1)NCc1nc2ccccc2o1. The fourth-order valence-electron chi connectivity index (χ4n) is 2.99. The Morgan fingerprint density at radius 3 is 2.62 bits per heavy atom. The lowest BCUT2D eigenvalue weighted by atomic mass is 10.3. The summed E-state index contributed by atoms with van der Waals surface area (Å²) in [6.45, 7) is 3.88. The molecule has 0 radical (unpaired) electrons. The molecular formula is C18H20N6O2. The van der Waals surface area contributed by atoms with Gasteiger partial charge in [0, 0.05) is 38.6 Å². The number of amides is 1. The Morgan fingerprint density at radius 2 is 1.85 bits per heavy atom. The molecule has 0 unspecified atom stereocenters. The predicted molar refractivity (Wildman–Crippen MR) is 96.5 cm³/mol. The average molecular weight is 352 g/mol. The molecule has 4 rings (SSSR count). The molecule has 3 heterocycles. The number of carbonyl (C=O) groups excluding carboxylic acids is 1. The Kier molecular flexibility index (Phi) is 4.74. The second kappa shape index (κ2) is 7.49. The van der Waals surface area contributed by atoms with E-state index >= 15 is 0 Å². The molecule has 1 saturated heterocycles. The van der Waals surface area contributed by atoms with Crippen molar-refractivity contribution in [1.82, 2.24) is 25.2 Å². The maximum atomic E-state index is 12.2. The van der Waals surface area contributed by atoms with Gasteiger partial charge in [-0.3, -0.25) is 9.69 Å². The van der Waals surface area contributed by atoms with Crippen LogP contribution in [0.5, 0.6) is 0 Å². The van der Waals surface area contributed by atoms with E-state index in [1.807, 2.05) is 24.3 Å². The number of nitrogens with zero attached hydrogens (tertiary/aromatic N) is 5. The summed E-state index contributed by atoms with van der Waals surface area (Å²) in [5.74, 6) is 1.23. The first kappa shape index (κ1) is 16.5. The number of benzene rings is 1. The summed E-state index contributed by atoms with van der Waals surface area (Å²) in [4.78, 5) is 29.3. The monoisotopic (exact) mass is 352 g/mol. The summed E-state index contributed by atoms with van der Waals surface area (Å²) in [6.07, 6.45) is 3.49. The Bertz CT molecular complexity index is 841. The Hall–Kier alpha value is -3.00. The van der Waals surface area contributed by atoms with E-state index in [2.05, 4.69) is 30.1 Å². The zero-order valence-electron chi connectivity index (χ0n) is 14.3. The minimum absolute atomic E-state index is 0.0309. The second-order valence-electron chi connectivity index (χ2n) is 6.16. The molecular weight excluding hydrogens is 332 g/mol. The molecule has 26 heavy (non-hydrogen) atoms. The molecule has 1 aliphatic heterocycles. The van der Waals surface area contributed by atoms with Crippen molar-refractivity contribution in [2.45, 2.75) is 6.54 Å². The number of aromatic nitrogens is 3. The summed E-state index contributed by atoms with van der Waals surface area (Å²) < 4.78 is 5.61. The fraction of sp³-hybridized carbons (Fsp3) is 0.333. The second-order valence-corrected chi connectivity index (χ2v) is 6.16. The summed E-state index contributed by atoms with van der Waals surface area (Å²) in [6, 6.07) is 9.37. The molecule has 1 amide bonds. The van der Waals surface area contributed by atoms with E-state index in [9.17, 15) is 4.79 Å². The van der Waals surface area contributed by atoms with Gasteiger partial charge in [0.05, 0.1) is 13.1 Å². The fourth-order valence-corrected chi connectivity index (χ4v) is 2.99. The molecule has 0 aliphatic carbocycles. The van der Waals surface area contributed by atoms with Gasteiger partial charge in [0.1, 0.15) is 5.52 Å². The molecule has 1 aliphatic rings. The largest absolute Gasteiger partial charge is 0.439 e. The molecule has 3 aromatic rings. The highest BCUT2D eigenvalue weighted by molar-refractivity contribution is 5.78. The minimum atomic E-state index is -0.0309. The van der Waals surface area contributed by atoms with Crippen LogP contribution in [-0.4, -0.2) is 58.5 Å². The average Bonchev–Trinajstić information content (AvgIpc) is 3.11. The van der Waals surface area contributed by atoms with Crippen molar-refractivity contribution in [2.75, 3.05) is 37.6 Å². The lowest BCUT2D eigenvalue weighted by molar-refractivity contribution is -0.122. The number of rotatable bonds is 5. The summed E-state index contributed by atoms with van der Waals surface area (Å²) in [5, 5.41) is 2.87. The summed E-state index contributed by atoms with van der Waals surface area (Å²) >= 11 is 0. The number of piperazine rings is 1. The molecule has 0 spiro atoms. The van der Waals surface area contributed by atoms with E-state index in [1.54, 1.807) is 18.5 Å². The van der Waals surface area contributed by atoms with Crippen molar-refractivity contribution >= 4 is 23.0 Å². The highest BCUT2D eigenvalue weighted by Crippen LogP contribution is 2.14. The number of hydrogen-bond donors (Lipinski definition) is 1. The van der Waals surface area contributed by atoms with E-state index in [0.717, 1.165) is 43.2 Å². The van der Waals surface area contributed by atoms with Crippen LogP contribution in [0.3, 0.4) is 0 Å². The topological polar surface area (TPSA) is 87.4 Å². The third kappa shape index (κ3) is 3.80. The van der Waals surface area contributed by atoms with Gasteiger partial charge in [0.15, 0.2) is 5.58 Å². The van der Waals surface area contributed by atoms with E-state index in [4.69, 9.17) is 4.42 Å². The van der Waals surface area contributed by atoms with Crippen LogP contribution in [0.15, 0.2) is 47.1 Å². The lowest BCUT2D eigenvalue weighted by Crippen LogP contribution is -2.49. The van der Waals surface area contributed by atoms with Crippen LogP contribution in [0.1, 0.15) is 5.89 Å². The van der Waals surface area contributed by atoms with Gasteiger partial charge >= 0.3 is 0 Å². The van der Waals surface area contributed by atoms with Gasteiger partial charge in [0.25, 0.3) is 0 Å². The van der Waals surface area contributed by atoms with E-state index in [-0.39, 0.29) is 5.91 Å². The van der Waals surface area contributed by atoms with Crippen molar-refractivity contribution in [3.63, 3.8) is 0 Å². The lowest BCUT2D eigenvalue weighted by Gasteiger charge is -2.34. The Balaban J connectivity index is 1.24. The molecule has 0 bridgehead atoms. The van der Waals surface area contributed by atoms with Crippen molar-refractivity contribution in [3.8, 4) is 0 Å².